The number of primary amides is 1. The first-order valence-corrected chi connectivity index (χ1v) is 3.01. The van der Waals surface area contributed by atoms with Gasteiger partial charge in [0.1, 0.15) is 6.04 Å². The summed E-state index contributed by atoms with van der Waals surface area (Å²) < 4.78 is 0. The highest BCUT2D eigenvalue weighted by molar-refractivity contribution is 5.82. The van der Waals surface area contributed by atoms with Crippen LogP contribution in [0.3, 0.4) is 0 Å². The zero-order chi connectivity index (χ0) is 8.15. The molecule has 0 heterocycles. The molecule has 0 aromatic heterocycles. The van der Waals surface area contributed by atoms with Crippen molar-refractivity contribution in [3.05, 3.63) is 0 Å². The first-order valence-electron chi connectivity index (χ1n) is 3.01. The van der Waals surface area contributed by atoms with Gasteiger partial charge in [-0.15, -0.1) is 0 Å². The number of nitrogens with two attached hydrogens (primary N) is 1. The monoisotopic (exact) mass is 143 g/mol. The zero-order valence-electron chi connectivity index (χ0n) is 6.05. The highest BCUT2D eigenvalue weighted by Gasteiger charge is 2.17. The lowest BCUT2D eigenvalue weighted by atomic mass is 10.0. The fourth-order valence-electron chi connectivity index (χ4n) is 0.630. The van der Waals surface area contributed by atoms with Gasteiger partial charge in [-0.25, -0.2) is 0 Å². The highest BCUT2D eigenvalue weighted by atomic mass is 16.2. The topological polar surface area (TPSA) is 72.2 Å². The fraction of sp³-hybridized carbons (Fsp3) is 0.667. The molecule has 4 nitrogen and oxygen atoms in total. The van der Waals surface area contributed by atoms with Crippen LogP contribution in [0.2, 0.25) is 0 Å². The van der Waals surface area contributed by atoms with Crippen LogP contribution < -0.4 is 11.1 Å². The van der Waals surface area contributed by atoms with E-state index < -0.39 is 11.9 Å². The molecular weight excluding hydrogens is 132 g/mol. The molecule has 0 bridgehead atoms. The number of nitrogens with one attached hydrogen (secondary N) is 1. The smallest absolute Gasteiger partial charge is 0.309 e. The standard InChI is InChI=1S/C6H11N2O2/c1-4(2)5(6(7)10)8-3-9/h4-5H,1-2H3,(H2,7,10)(H,8,9). The summed E-state index contributed by atoms with van der Waals surface area (Å²) in [5.41, 5.74) is 4.94. The van der Waals surface area contributed by atoms with Crippen LogP contribution in [-0.4, -0.2) is 18.4 Å². The van der Waals surface area contributed by atoms with Crippen LogP contribution in [0.4, 0.5) is 0 Å². The van der Waals surface area contributed by atoms with Crippen molar-refractivity contribution in [2.24, 2.45) is 11.7 Å². The van der Waals surface area contributed by atoms with E-state index in [-0.39, 0.29) is 5.92 Å². The van der Waals surface area contributed by atoms with Crippen molar-refractivity contribution < 1.29 is 9.59 Å². The first kappa shape index (κ1) is 8.94. The number of carbonyl (C=O) groups excluding carboxylic acids is 2. The summed E-state index contributed by atoms with van der Waals surface area (Å²) in [7, 11) is 0. The Morgan fingerprint density at radius 3 is 2.20 bits per heavy atom. The minimum atomic E-state index is -0.600. The fourth-order valence-corrected chi connectivity index (χ4v) is 0.630. The molecule has 0 saturated heterocycles. The van der Waals surface area contributed by atoms with Crippen LogP contribution in [0.1, 0.15) is 13.8 Å². The van der Waals surface area contributed by atoms with Crippen molar-refractivity contribution in [2.45, 2.75) is 19.9 Å². The van der Waals surface area contributed by atoms with Crippen molar-refractivity contribution in [2.75, 3.05) is 0 Å². The molecule has 0 aliphatic carbocycles. The average Bonchev–Trinajstić information content (AvgIpc) is 1.81. The third-order valence-electron chi connectivity index (χ3n) is 1.19. The van der Waals surface area contributed by atoms with E-state index in [1.54, 1.807) is 13.8 Å². The SMILES string of the molecule is CC(C)C(N[C]=O)C(N)=O. The minimum absolute atomic E-state index is 0.0129. The molecule has 2 amide bonds. The lowest BCUT2D eigenvalue weighted by molar-refractivity contribution is -0.120. The maximum absolute atomic E-state index is 10.5. The maximum atomic E-state index is 10.5. The number of amides is 2. The second-order valence-corrected chi connectivity index (χ2v) is 2.37. The molecule has 0 aromatic rings. The molecule has 0 fully saturated rings. The van der Waals surface area contributed by atoms with Gasteiger partial charge in [0.25, 0.3) is 0 Å². The zero-order valence-corrected chi connectivity index (χ0v) is 6.05. The largest absolute Gasteiger partial charge is 0.368 e. The van der Waals surface area contributed by atoms with E-state index in [9.17, 15) is 9.59 Å². The van der Waals surface area contributed by atoms with Crippen LogP contribution in [0.5, 0.6) is 0 Å². The third-order valence-corrected chi connectivity index (χ3v) is 1.19. The van der Waals surface area contributed by atoms with Crippen LogP contribution in [-0.2, 0) is 9.59 Å². The Morgan fingerprint density at radius 1 is 1.60 bits per heavy atom. The number of carbonyl (C=O) groups is 1. The minimum Gasteiger partial charge on any atom is -0.368 e. The van der Waals surface area contributed by atoms with Gasteiger partial charge in [-0.1, -0.05) is 13.8 Å². The van der Waals surface area contributed by atoms with Crippen molar-refractivity contribution in [3.8, 4) is 0 Å². The van der Waals surface area contributed by atoms with Crippen LogP contribution in [0.15, 0.2) is 0 Å². The van der Waals surface area contributed by atoms with Gasteiger partial charge in [0.2, 0.25) is 5.91 Å². The van der Waals surface area contributed by atoms with Crippen molar-refractivity contribution in [1.29, 1.82) is 0 Å². The Hall–Kier alpha value is -1.06. The average molecular weight is 143 g/mol. The molecule has 0 aliphatic rings. The summed E-state index contributed by atoms with van der Waals surface area (Å²) in [5, 5.41) is 2.20. The molecule has 0 spiro atoms. The number of hydrogen-bond donors (Lipinski definition) is 2. The normalized spacial score (nSPS) is 12.7. The Labute approximate surface area is 59.8 Å². The summed E-state index contributed by atoms with van der Waals surface area (Å²) in [4.78, 5) is 20.3. The summed E-state index contributed by atoms with van der Waals surface area (Å²) >= 11 is 0. The van der Waals surface area contributed by atoms with E-state index in [4.69, 9.17) is 5.73 Å². The molecule has 0 aliphatic heterocycles. The van der Waals surface area contributed by atoms with Gasteiger partial charge in [0.15, 0.2) is 0 Å². The lowest BCUT2D eigenvalue weighted by Crippen LogP contribution is -2.44. The summed E-state index contributed by atoms with van der Waals surface area (Å²) in [6, 6.07) is -0.600. The molecule has 0 saturated carbocycles. The molecule has 4 heteroatoms. The maximum Gasteiger partial charge on any atom is 0.309 e. The number of rotatable bonds is 4. The predicted octanol–water partition coefficient (Wildman–Crippen LogP) is -0.847. The molecule has 3 N–H and O–H groups in total. The predicted molar refractivity (Wildman–Crippen MR) is 36.6 cm³/mol. The Bertz CT molecular complexity index is 134. The van der Waals surface area contributed by atoms with Crippen molar-refractivity contribution >= 4 is 12.3 Å². The molecule has 57 valence electrons. The molecule has 1 atom stereocenters. The van der Waals surface area contributed by atoms with E-state index in [2.05, 4.69) is 5.32 Å². The van der Waals surface area contributed by atoms with Gasteiger partial charge in [-0.05, 0) is 5.92 Å². The second-order valence-electron chi connectivity index (χ2n) is 2.37. The van der Waals surface area contributed by atoms with Crippen molar-refractivity contribution in [1.82, 2.24) is 5.32 Å². The molecular formula is C6H11N2O2. The van der Waals surface area contributed by atoms with Crippen LogP contribution in [0.25, 0.3) is 0 Å². The Balaban J connectivity index is 3.97. The van der Waals surface area contributed by atoms with Gasteiger partial charge in [0, 0.05) is 0 Å². The molecule has 1 radical (unpaired) electrons. The van der Waals surface area contributed by atoms with E-state index in [1.807, 2.05) is 0 Å². The van der Waals surface area contributed by atoms with E-state index in [1.165, 1.54) is 6.41 Å². The third kappa shape index (κ3) is 2.48. The van der Waals surface area contributed by atoms with Gasteiger partial charge < -0.3 is 11.1 Å². The van der Waals surface area contributed by atoms with Gasteiger partial charge in [0.05, 0.1) is 0 Å². The van der Waals surface area contributed by atoms with E-state index in [0.717, 1.165) is 0 Å². The summed E-state index contributed by atoms with van der Waals surface area (Å²) in [6.07, 6.45) is 1.43. The lowest BCUT2D eigenvalue weighted by Gasteiger charge is -2.14. The Morgan fingerprint density at radius 2 is 2.10 bits per heavy atom. The summed E-state index contributed by atoms with van der Waals surface area (Å²) in [5.74, 6) is -0.516. The van der Waals surface area contributed by atoms with E-state index >= 15 is 0 Å². The van der Waals surface area contributed by atoms with Gasteiger partial charge in [-0.2, -0.15) is 0 Å². The molecule has 0 rings (SSSR count). The quantitative estimate of drug-likeness (QED) is 0.503. The summed E-state index contributed by atoms with van der Waals surface area (Å²) in [6.45, 7) is 3.58. The molecule has 0 aromatic carbocycles. The highest BCUT2D eigenvalue weighted by Crippen LogP contribution is 1.98. The van der Waals surface area contributed by atoms with Gasteiger partial charge in [-0.3, -0.25) is 9.59 Å². The number of hydrogen-bond acceptors (Lipinski definition) is 2. The van der Waals surface area contributed by atoms with Crippen molar-refractivity contribution in [3.63, 3.8) is 0 Å². The molecule has 10 heavy (non-hydrogen) atoms. The Kier molecular flexibility index (Phi) is 3.46. The first-order chi connectivity index (χ1) is 4.59. The van der Waals surface area contributed by atoms with Gasteiger partial charge >= 0.3 is 6.41 Å². The van der Waals surface area contributed by atoms with Crippen LogP contribution in [0, 0.1) is 5.92 Å². The molecule has 1 unspecified atom stereocenters. The second kappa shape index (κ2) is 3.87. The van der Waals surface area contributed by atoms with E-state index in [0.29, 0.717) is 0 Å². The van der Waals surface area contributed by atoms with Crippen LogP contribution >= 0.6 is 0 Å².